The predicted molar refractivity (Wildman–Crippen MR) is 114 cm³/mol. The number of hydrogen-bond acceptors (Lipinski definition) is 4. The monoisotopic (exact) mass is 389 g/mol. The van der Waals surface area contributed by atoms with E-state index in [1.165, 1.54) is 11.3 Å². The number of aromatic nitrogens is 1. The highest BCUT2D eigenvalue weighted by Crippen LogP contribution is 2.39. The van der Waals surface area contributed by atoms with Crippen molar-refractivity contribution in [3.63, 3.8) is 0 Å². The summed E-state index contributed by atoms with van der Waals surface area (Å²) < 4.78 is 6.96. The first-order chi connectivity index (χ1) is 13.6. The van der Waals surface area contributed by atoms with Crippen molar-refractivity contribution in [1.82, 2.24) is 4.57 Å². The van der Waals surface area contributed by atoms with Gasteiger partial charge < -0.3 is 4.74 Å². The molecular formula is C23H19NO3S. The molecule has 0 saturated carbocycles. The lowest BCUT2D eigenvalue weighted by atomic mass is 10.0. The molecule has 0 aliphatic rings. The van der Waals surface area contributed by atoms with Crippen LogP contribution in [0.3, 0.4) is 0 Å². The van der Waals surface area contributed by atoms with Crippen molar-refractivity contribution in [3.8, 4) is 16.8 Å². The van der Waals surface area contributed by atoms with E-state index in [1.54, 1.807) is 23.6 Å². The van der Waals surface area contributed by atoms with Crippen LogP contribution in [0.25, 0.3) is 27.0 Å². The molecule has 0 atom stereocenters. The highest BCUT2D eigenvalue weighted by Gasteiger charge is 2.23. The van der Waals surface area contributed by atoms with Gasteiger partial charge in [-0.2, -0.15) is 0 Å². The van der Waals surface area contributed by atoms with Gasteiger partial charge in [-0.15, -0.1) is 11.3 Å². The summed E-state index contributed by atoms with van der Waals surface area (Å²) in [5, 5.41) is 0.863. The van der Waals surface area contributed by atoms with Gasteiger partial charge in [0.25, 0.3) is 5.56 Å². The number of carbonyl (C=O) groups is 1. The highest BCUT2D eigenvalue weighted by molar-refractivity contribution is 7.21. The van der Waals surface area contributed by atoms with Gasteiger partial charge in [-0.1, -0.05) is 48.0 Å². The molecule has 0 amide bonds. The SMILES string of the molecule is CCOC(=O)c1sc2c(ccc(=O)n2-c2ccccc2)c1-c1cccc(C)c1. The first-order valence-corrected chi connectivity index (χ1v) is 9.90. The van der Waals surface area contributed by atoms with Crippen molar-refractivity contribution in [1.29, 1.82) is 0 Å². The van der Waals surface area contributed by atoms with Gasteiger partial charge in [0.05, 0.1) is 12.3 Å². The van der Waals surface area contributed by atoms with Gasteiger partial charge in [0, 0.05) is 17.0 Å². The molecule has 0 spiro atoms. The zero-order valence-corrected chi connectivity index (χ0v) is 16.5. The molecule has 5 heteroatoms. The molecule has 0 bridgehead atoms. The average molecular weight is 389 g/mol. The fourth-order valence-electron chi connectivity index (χ4n) is 3.33. The quantitative estimate of drug-likeness (QED) is 0.451. The smallest absolute Gasteiger partial charge is 0.349 e. The van der Waals surface area contributed by atoms with Crippen LogP contribution in [-0.2, 0) is 4.74 Å². The summed E-state index contributed by atoms with van der Waals surface area (Å²) in [5.41, 5.74) is 3.49. The van der Waals surface area contributed by atoms with Crippen LogP contribution in [0, 0.1) is 6.92 Å². The Morgan fingerprint density at radius 2 is 1.82 bits per heavy atom. The van der Waals surface area contributed by atoms with E-state index in [4.69, 9.17) is 4.74 Å². The lowest BCUT2D eigenvalue weighted by Crippen LogP contribution is -2.16. The van der Waals surface area contributed by atoms with E-state index in [9.17, 15) is 9.59 Å². The molecular weight excluding hydrogens is 370 g/mol. The molecule has 2 aromatic heterocycles. The second-order valence-corrected chi connectivity index (χ2v) is 7.46. The van der Waals surface area contributed by atoms with Gasteiger partial charge in [0.1, 0.15) is 9.71 Å². The third kappa shape index (κ3) is 3.14. The first-order valence-electron chi connectivity index (χ1n) is 9.08. The molecule has 0 unspecified atom stereocenters. The number of fused-ring (bicyclic) bond motifs is 1. The maximum absolute atomic E-state index is 12.7. The van der Waals surface area contributed by atoms with Crippen LogP contribution < -0.4 is 5.56 Å². The van der Waals surface area contributed by atoms with Crippen LogP contribution in [0.2, 0.25) is 0 Å². The molecule has 0 radical (unpaired) electrons. The molecule has 140 valence electrons. The van der Waals surface area contributed by atoms with Crippen molar-refractivity contribution in [3.05, 3.63) is 87.5 Å². The van der Waals surface area contributed by atoms with Crippen molar-refractivity contribution >= 4 is 27.5 Å². The van der Waals surface area contributed by atoms with Gasteiger partial charge in [-0.3, -0.25) is 9.36 Å². The third-order valence-corrected chi connectivity index (χ3v) is 5.69. The Kier molecular flexibility index (Phi) is 4.84. The number of benzene rings is 2. The number of esters is 1. The Morgan fingerprint density at radius 1 is 1.04 bits per heavy atom. The number of ether oxygens (including phenoxy) is 1. The highest BCUT2D eigenvalue weighted by atomic mass is 32.1. The van der Waals surface area contributed by atoms with Crippen LogP contribution in [-0.4, -0.2) is 17.1 Å². The minimum Gasteiger partial charge on any atom is -0.462 e. The fraction of sp³-hybridized carbons (Fsp3) is 0.130. The third-order valence-electron chi connectivity index (χ3n) is 4.52. The number of hydrogen-bond donors (Lipinski definition) is 0. The van der Waals surface area contributed by atoms with Crippen molar-refractivity contribution in [2.45, 2.75) is 13.8 Å². The average Bonchev–Trinajstić information content (AvgIpc) is 3.08. The standard InChI is InChI=1S/C23H19NO3S/c1-3-27-23(26)21-20(16-9-7-8-15(2)14-16)18-12-13-19(25)24(22(18)28-21)17-10-5-4-6-11-17/h4-14H,3H2,1-2H3. The maximum atomic E-state index is 12.7. The van der Waals surface area contributed by atoms with E-state index in [-0.39, 0.29) is 11.5 Å². The van der Waals surface area contributed by atoms with Gasteiger partial charge in [-0.25, -0.2) is 4.79 Å². The molecule has 4 aromatic rings. The molecule has 2 aromatic carbocycles. The Labute approximate surface area is 166 Å². The molecule has 2 heterocycles. The Balaban J connectivity index is 2.08. The molecule has 0 saturated heterocycles. The topological polar surface area (TPSA) is 48.3 Å². The molecule has 4 rings (SSSR count). The summed E-state index contributed by atoms with van der Waals surface area (Å²) in [6.45, 7) is 4.10. The van der Waals surface area contributed by atoms with Crippen molar-refractivity contribution in [2.24, 2.45) is 0 Å². The molecule has 0 N–H and O–H groups in total. The Bertz CT molecular complexity index is 1220. The largest absolute Gasteiger partial charge is 0.462 e. The van der Waals surface area contributed by atoms with Crippen LogP contribution in [0.4, 0.5) is 0 Å². The summed E-state index contributed by atoms with van der Waals surface area (Å²) in [7, 11) is 0. The van der Waals surface area contributed by atoms with Gasteiger partial charge in [-0.05, 0) is 37.6 Å². The zero-order valence-electron chi connectivity index (χ0n) is 15.6. The van der Waals surface area contributed by atoms with E-state index < -0.39 is 0 Å². The van der Waals surface area contributed by atoms with E-state index in [0.717, 1.165) is 32.6 Å². The number of nitrogens with zero attached hydrogens (tertiary/aromatic N) is 1. The minimum absolute atomic E-state index is 0.133. The predicted octanol–water partition coefficient (Wildman–Crippen LogP) is 5.20. The maximum Gasteiger partial charge on any atom is 0.349 e. The van der Waals surface area contributed by atoms with E-state index >= 15 is 0 Å². The normalized spacial score (nSPS) is 10.9. The Morgan fingerprint density at radius 3 is 2.54 bits per heavy atom. The van der Waals surface area contributed by atoms with E-state index in [0.29, 0.717) is 11.5 Å². The summed E-state index contributed by atoms with van der Waals surface area (Å²) in [4.78, 5) is 26.7. The molecule has 28 heavy (non-hydrogen) atoms. The summed E-state index contributed by atoms with van der Waals surface area (Å²) in [6, 6.07) is 20.8. The number of aryl methyl sites for hydroxylation is 1. The minimum atomic E-state index is -0.368. The Hall–Kier alpha value is -3.18. The number of rotatable bonds is 4. The number of para-hydroxylation sites is 1. The lowest BCUT2D eigenvalue weighted by Gasteiger charge is -2.08. The van der Waals surface area contributed by atoms with Crippen molar-refractivity contribution in [2.75, 3.05) is 6.61 Å². The van der Waals surface area contributed by atoms with Crippen LogP contribution in [0.1, 0.15) is 22.2 Å². The fourth-order valence-corrected chi connectivity index (χ4v) is 4.56. The number of thiophene rings is 1. The number of pyridine rings is 1. The summed E-state index contributed by atoms with van der Waals surface area (Å²) >= 11 is 1.30. The summed E-state index contributed by atoms with van der Waals surface area (Å²) in [6.07, 6.45) is 0. The number of carbonyl (C=O) groups excluding carboxylic acids is 1. The van der Waals surface area contributed by atoms with Crippen molar-refractivity contribution < 1.29 is 9.53 Å². The zero-order chi connectivity index (χ0) is 19.7. The lowest BCUT2D eigenvalue weighted by molar-refractivity contribution is 0.0533. The molecule has 4 nitrogen and oxygen atoms in total. The van der Waals surface area contributed by atoms with Gasteiger partial charge in [0.15, 0.2) is 0 Å². The van der Waals surface area contributed by atoms with Gasteiger partial charge >= 0.3 is 5.97 Å². The molecule has 0 aliphatic heterocycles. The molecule has 0 aliphatic carbocycles. The second kappa shape index (κ2) is 7.44. The summed E-state index contributed by atoms with van der Waals surface area (Å²) in [5.74, 6) is -0.368. The van der Waals surface area contributed by atoms with E-state index in [2.05, 4.69) is 0 Å². The van der Waals surface area contributed by atoms with Crippen LogP contribution in [0.5, 0.6) is 0 Å². The van der Waals surface area contributed by atoms with Crippen LogP contribution in [0.15, 0.2) is 71.5 Å². The van der Waals surface area contributed by atoms with E-state index in [1.807, 2.05) is 61.5 Å². The molecule has 0 fully saturated rings. The second-order valence-electron chi connectivity index (χ2n) is 6.46. The van der Waals surface area contributed by atoms with Gasteiger partial charge in [0.2, 0.25) is 0 Å². The first kappa shape index (κ1) is 18.2. The van der Waals surface area contributed by atoms with Crippen LogP contribution >= 0.6 is 11.3 Å².